The molecule has 1 aliphatic heterocycles. The van der Waals surface area contributed by atoms with Gasteiger partial charge in [-0.05, 0) is 36.0 Å². The van der Waals surface area contributed by atoms with Crippen LogP contribution in [0, 0.1) is 11.7 Å². The number of benzene rings is 1. The normalized spacial score (nSPS) is 22.0. The molecule has 2 rings (SSSR count). The zero-order valence-corrected chi connectivity index (χ0v) is 9.88. The van der Waals surface area contributed by atoms with E-state index in [0.29, 0.717) is 18.3 Å². The van der Waals surface area contributed by atoms with Gasteiger partial charge in [0.05, 0.1) is 0 Å². The monoisotopic (exact) mass is 241 g/mol. The predicted octanol–water partition coefficient (Wildman–Crippen LogP) is 2.28. The third-order valence-electron chi connectivity index (χ3n) is 2.84. The third-order valence-corrected chi connectivity index (χ3v) is 4.03. The summed E-state index contributed by atoms with van der Waals surface area (Å²) in [6.45, 7) is 0.395. The first-order valence-electron chi connectivity index (χ1n) is 5.48. The van der Waals surface area contributed by atoms with Gasteiger partial charge in [0.15, 0.2) is 11.6 Å². The number of nitrogens with two attached hydrogens (primary N) is 1. The molecule has 1 aromatic carbocycles. The molecular formula is C12H16FNOS. The molecule has 88 valence electrons. The summed E-state index contributed by atoms with van der Waals surface area (Å²) >= 11 is 1.93. The van der Waals surface area contributed by atoms with E-state index in [4.69, 9.17) is 10.5 Å². The van der Waals surface area contributed by atoms with Crippen LogP contribution in [0.5, 0.6) is 5.75 Å². The predicted molar refractivity (Wildman–Crippen MR) is 65.3 cm³/mol. The lowest BCUT2D eigenvalue weighted by molar-refractivity contribution is 0.245. The smallest absolute Gasteiger partial charge is 0.165 e. The van der Waals surface area contributed by atoms with Crippen LogP contribution in [0.3, 0.4) is 0 Å². The summed E-state index contributed by atoms with van der Waals surface area (Å²) < 4.78 is 18.6. The first-order valence-corrected chi connectivity index (χ1v) is 6.63. The van der Waals surface area contributed by atoms with Crippen LogP contribution in [0.2, 0.25) is 0 Å². The SMILES string of the molecule is NC(COc1ccccc1F)C1CCSC1. The molecule has 2 N–H and O–H groups in total. The van der Waals surface area contributed by atoms with Gasteiger partial charge in [-0.15, -0.1) is 0 Å². The van der Waals surface area contributed by atoms with Gasteiger partial charge in [-0.1, -0.05) is 12.1 Å². The summed E-state index contributed by atoms with van der Waals surface area (Å²) in [5, 5.41) is 0. The van der Waals surface area contributed by atoms with Crippen molar-refractivity contribution in [3.8, 4) is 5.75 Å². The van der Waals surface area contributed by atoms with E-state index >= 15 is 0 Å². The molecule has 1 aliphatic rings. The Kier molecular flexibility index (Phi) is 4.07. The molecule has 0 aliphatic carbocycles. The highest BCUT2D eigenvalue weighted by Gasteiger charge is 2.23. The van der Waals surface area contributed by atoms with Gasteiger partial charge in [-0.2, -0.15) is 11.8 Å². The van der Waals surface area contributed by atoms with Gasteiger partial charge in [0, 0.05) is 6.04 Å². The quantitative estimate of drug-likeness (QED) is 0.878. The van der Waals surface area contributed by atoms with Crippen LogP contribution in [0.4, 0.5) is 4.39 Å². The Morgan fingerprint density at radius 3 is 3.00 bits per heavy atom. The average molecular weight is 241 g/mol. The minimum absolute atomic E-state index is 0.00889. The maximum atomic E-state index is 13.2. The van der Waals surface area contributed by atoms with Crippen LogP contribution in [-0.4, -0.2) is 24.2 Å². The molecule has 0 radical (unpaired) electrons. The summed E-state index contributed by atoms with van der Waals surface area (Å²) in [4.78, 5) is 0. The Balaban J connectivity index is 1.84. The van der Waals surface area contributed by atoms with Crippen LogP contribution in [0.1, 0.15) is 6.42 Å². The number of halogens is 1. The molecule has 0 saturated carbocycles. The van der Waals surface area contributed by atoms with Crippen molar-refractivity contribution in [1.29, 1.82) is 0 Å². The molecule has 1 fully saturated rings. The van der Waals surface area contributed by atoms with Crippen LogP contribution in [0.15, 0.2) is 24.3 Å². The molecule has 1 heterocycles. The fraction of sp³-hybridized carbons (Fsp3) is 0.500. The Morgan fingerprint density at radius 2 is 2.31 bits per heavy atom. The van der Waals surface area contributed by atoms with Gasteiger partial charge in [0.25, 0.3) is 0 Å². The highest BCUT2D eigenvalue weighted by molar-refractivity contribution is 7.99. The highest BCUT2D eigenvalue weighted by atomic mass is 32.2. The summed E-state index contributed by atoms with van der Waals surface area (Å²) in [6.07, 6.45) is 1.15. The number of rotatable bonds is 4. The van der Waals surface area contributed by atoms with Gasteiger partial charge in [0.2, 0.25) is 0 Å². The van der Waals surface area contributed by atoms with Crippen molar-refractivity contribution in [3.63, 3.8) is 0 Å². The second kappa shape index (κ2) is 5.55. The maximum Gasteiger partial charge on any atom is 0.165 e. The lowest BCUT2D eigenvalue weighted by Gasteiger charge is -2.18. The summed E-state index contributed by atoms with van der Waals surface area (Å²) in [6, 6.07) is 6.44. The maximum absolute atomic E-state index is 13.2. The average Bonchev–Trinajstić information content (AvgIpc) is 2.81. The first-order chi connectivity index (χ1) is 7.77. The number of para-hydroxylation sites is 1. The second-order valence-electron chi connectivity index (χ2n) is 4.03. The van der Waals surface area contributed by atoms with E-state index in [-0.39, 0.29) is 11.9 Å². The van der Waals surface area contributed by atoms with E-state index < -0.39 is 0 Å². The van der Waals surface area contributed by atoms with Crippen LogP contribution >= 0.6 is 11.8 Å². The van der Waals surface area contributed by atoms with Crippen molar-refractivity contribution in [2.75, 3.05) is 18.1 Å². The zero-order valence-electron chi connectivity index (χ0n) is 9.06. The van der Waals surface area contributed by atoms with Crippen molar-refractivity contribution >= 4 is 11.8 Å². The summed E-state index contributed by atoms with van der Waals surface area (Å²) in [5.41, 5.74) is 6.02. The van der Waals surface area contributed by atoms with Crippen LogP contribution in [-0.2, 0) is 0 Å². The van der Waals surface area contributed by atoms with E-state index in [2.05, 4.69) is 0 Å². The lowest BCUT2D eigenvalue weighted by Crippen LogP contribution is -2.36. The molecule has 4 heteroatoms. The van der Waals surface area contributed by atoms with Crippen molar-refractivity contribution in [1.82, 2.24) is 0 Å². The van der Waals surface area contributed by atoms with Gasteiger partial charge < -0.3 is 10.5 Å². The highest BCUT2D eigenvalue weighted by Crippen LogP contribution is 2.26. The van der Waals surface area contributed by atoms with Crippen molar-refractivity contribution in [2.45, 2.75) is 12.5 Å². The van der Waals surface area contributed by atoms with E-state index in [9.17, 15) is 4.39 Å². The molecule has 1 aromatic rings. The molecule has 1 saturated heterocycles. The number of ether oxygens (including phenoxy) is 1. The van der Waals surface area contributed by atoms with Gasteiger partial charge in [-0.25, -0.2) is 4.39 Å². The first kappa shape index (κ1) is 11.7. The minimum atomic E-state index is -0.324. The topological polar surface area (TPSA) is 35.2 Å². The van der Waals surface area contributed by atoms with Gasteiger partial charge in [-0.3, -0.25) is 0 Å². The molecule has 2 unspecified atom stereocenters. The fourth-order valence-corrected chi connectivity index (χ4v) is 3.13. The molecule has 16 heavy (non-hydrogen) atoms. The Hall–Kier alpha value is -0.740. The molecule has 0 spiro atoms. The van der Waals surface area contributed by atoms with E-state index in [1.165, 1.54) is 11.8 Å². The van der Waals surface area contributed by atoms with Crippen LogP contribution in [0.25, 0.3) is 0 Å². The third kappa shape index (κ3) is 2.89. The number of thioether (sulfide) groups is 1. The van der Waals surface area contributed by atoms with Crippen molar-refractivity contribution in [3.05, 3.63) is 30.1 Å². The molecule has 0 aromatic heterocycles. The number of hydrogen-bond acceptors (Lipinski definition) is 3. The molecule has 0 amide bonds. The Labute approximate surface area is 99.4 Å². The second-order valence-corrected chi connectivity index (χ2v) is 5.18. The van der Waals surface area contributed by atoms with Crippen molar-refractivity contribution in [2.24, 2.45) is 11.7 Å². The Bertz CT molecular complexity index is 342. The van der Waals surface area contributed by atoms with E-state index in [1.807, 2.05) is 11.8 Å². The zero-order chi connectivity index (χ0) is 11.4. The largest absolute Gasteiger partial charge is 0.489 e. The summed E-state index contributed by atoms with van der Waals surface area (Å²) in [5.74, 6) is 2.76. The molecule has 2 atom stereocenters. The lowest BCUT2D eigenvalue weighted by atomic mass is 10.0. The fourth-order valence-electron chi connectivity index (χ4n) is 1.77. The number of hydrogen-bond donors (Lipinski definition) is 1. The standard InChI is InChI=1S/C12H16FNOS/c13-10-3-1-2-4-12(10)15-7-11(14)9-5-6-16-8-9/h1-4,9,11H,5-8,14H2. The van der Waals surface area contributed by atoms with Gasteiger partial charge in [0.1, 0.15) is 6.61 Å². The molecular weight excluding hydrogens is 225 g/mol. The van der Waals surface area contributed by atoms with Gasteiger partial charge >= 0.3 is 0 Å². The Morgan fingerprint density at radius 1 is 1.50 bits per heavy atom. The molecule has 0 bridgehead atoms. The molecule has 2 nitrogen and oxygen atoms in total. The van der Waals surface area contributed by atoms with E-state index in [1.54, 1.807) is 18.2 Å². The minimum Gasteiger partial charge on any atom is -0.489 e. The van der Waals surface area contributed by atoms with E-state index in [0.717, 1.165) is 12.2 Å². The summed E-state index contributed by atoms with van der Waals surface area (Å²) in [7, 11) is 0. The van der Waals surface area contributed by atoms with Crippen LogP contribution < -0.4 is 10.5 Å². The van der Waals surface area contributed by atoms with Crippen molar-refractivity contribution < 1.29 is 9.13 Å².